The summed E-state index contributed by atoms with van der Waals surface area (Å²) in [5.74, 6) is 0.485. The zero-order valence-corrected chi connectivity index (χ0v) is 24.5. The Balaban J connectivity index is 1.42. The molecular weight excluding hydrogens is 539 g/mol. The molecule has 0 bridgehead atoms. The van der Waals surface area contributed by atoms with Crippen molar-refractivity contribution in [3.8, 4) is 0 Å². The summed E-state index contributed by atoms with van der Waals surface area (Å²) in [5, 5.41) is 0. The molecule has 0 saturated carbocycles. The second-order valence-electron chi connectivity index (χ2n) is 9.87. The van der Waals surface area contributed by atoms with E-state index in [0.717, 1.165) is 18.9 Å². The van der Waals surface area contributed by atoms with Crippen molar-refractivity contribution in [1.82, 2.24) is 0 Å². The third-order valence-corrected chi connectivity index (χ3v) is 49.3. The molecule has 0 radical (unpaired) electrons. The molecule has 0 spiro atoms. The quantitative estimate of drug-likeness (QED) is 0.239. The molecule has 2 aliphatic carbocycles. The van der Waals surface area contributed by atoms with Gasteiger partial charge in [0.1, 0.15) is 0 Å². The third kappa shape index (κ3) is 4.57. The number of halogens is 2. The molecule has 3 aromatic carbocycles. The van der Waals surface area contributed by atoms with Crippen LogP contribution in [0.25, 0.3) is 12.2 Å². The van der Waals surface area contributed by atoms with Crippen LogP contribution in [0.15, 0.2) is 91.0 Å². The number of fused-ring (bicyclic) bond motifs is 2. The van der Waals surface area contributed by atoms with Crippen LogP contribution in [0.4, 0.5) is 0 Å². The van der Waals surface area contributed by atoms with Crippen LogP contribution >= 0.6 is 17.0 Å². The van der Waals surface area contributed by atoms with Gasteiger partial charge in [0, 0.05) is 0 Å². The van der Waals surface area contributed by atoms with E-state index in [-0.39, 0.29) is 3.63 Å². The Morgan fingerprint density at radius 1 is 0.788 bits per heavy atom. The second kappa shape index (κ2) is 9.46. The van der Waals surface area contributed by atoms with E-state index in [1.165, 1.54) is 27.8 Å². The molecule has 0 aromatic heterocycles. The SMILES string of the molecule is C[CH](CCC1C=Cc2ccccc21)[Zr]([Cl])([Cl])([SiH2]Cc1ccccc1)[CH]1C=Cc2ccccc21. The van der Waals surface area contributed by atoms with Crippen molar-refractivity contribution in [2.24, 2.45) is 0 Å². The molecule has 5 rings (SSSR count). The number of hydrogen-bond donors (Lipinski definition) is 0. The van der Waals surface area contributed by atoms with E-state index in [4.69, 9.17) is 17.0 Å². The number of allylic oxidation sites excluding steroid dienone is 2. The Bertz CT molecular complexity index is 1200. The number of hydrogen-bond acceptors (Lipinski definition) is 0. The van der Waals surface area contributed by atoms with Gasteiger partial charge in [0.2, 0.25) is 0 Å². The maximum absolute atomic E-state index is 7.98. The van der Waals surface area contributed by atoms with E-state index in [1.807, 2.05) is 0 Å². The Labute approximate surface area is 207 Å². The first kappa shape index (κ1) is 23.6. The second-order valence-corrected chi connectivity index (χ2v) is 51.2. The molecule has 0 amide bonds. The molecule has 3 atom stereocenters. The van der Waals surface area contributed by atoms with Crippen LogP contribution in [0, 0.1) is 0 Å². The van der Waals surface area contributed by atoms with Crippen LogP contribution < -0.4 is 0 Å². The van der Waals surface area contributed by atoms with E-state index in [0.29, 0.717) is 9.54 Å². The fraction of sp³-hybridized carbons (Fsp3) is 0.241. The van der Waals surface area contributed by atoms with Gasteiger partial charge >= 0.3 is 209 Å². The Hall–Kier alpha value is -1.18. The summed E-state index contributed by atoms with van der Waals surface area (Å²) in [6.45, 7) is 1.67. The van der Waals surface area contributed by atoms with Gasteiger partial charge in [-0.25, -0.2) is 0 Å². The molecule has 4 heteroatoms. The monoisotopic (exact) mass is 567 g/mol. The first-order valence-corrected chi connectivity index (χ1v) is 28.2. The van der Waals surface area contributed by atoms with Crippen molar-refractivity contribution < 1.29 is 15.6 Å². The molecule has 0 saturated heterocycles. The molecule has 0 nitrogen and oxygen atoms in total. The average Bonchev–Trinajstić information content (AvgIpc) is 3.47. The molecule has 169 valence electrons. The Kier molecular flexibility index (Phi) is 6.75. The maximum atomic E-state index is 7.98. The van der Waals surface area contributed by atoms with Crippen molar-refractivity contribution in [3.63, 3.8) is 0 Å². The number of rotatable bonds is 8. The molecule has 0 fully saturated rings. The number of benzene rings is 3. The molecule has 33 heavy (non-hydrogen) atoms. The minimum atomic E-state index is -4.18. The van der Waals surface area contributed by atoms with Crippen LogP contribution in [0.3, 0.4) is 0 Å². The van der Waals surface area contributed by atoms with Crippen molar-refractivity contribution in [2.75, 3.05) is 0 Å². The normalized spacial score (nSPS) is 21.1. The zero-order valence-electron chi connectivity index (χ0n) is 19.1. The van der Waals surface area contributed by atoms with Gasteiger partial charge < -0.3 is 0 Å². The van der Waals surface area contributed by atoms with Gasteiger partial charge in [-0.15, -0.1) is 0 Å². The van der Waals surface area contributed by atoms with Gasteiger partial charge in [0.15, 0.2) is 0 Å². The summed E-state index contributed by atoms with van der Waals surface area (Å²) in [4.78, 5) is 0. The topological polar surface area (TPSA) is 0 Å². The Morgan fingerprint density at radius 2 is 1.39 bits per heavy atom. The van der Waals surface area contributed by atoms with Gasteiger partial charge in [-0.2, -0.15) is 0 Å². The van der Waals surface area contributed by atoms with E-state index < -0.39 is 22.2 Å². The molecule has 2 aliphatic rings. The van der Waals surface area contributed by atoms with E-state index in [2.05, 4.69) is 110 Å². The first-order valence-electron chi connectivity index (χ1n) is 12.1. The van der Waals surface area contributed by atoms with Gasteiger partial charge in [-0.3, -0.25) is 0 Å². The van der Waals surface area contributed by atoms with Gasteiger partial charge in [-0.05, 0) is 0 Å². The van der Waals surface area contributed by atoms with E-state index in [9.17, 15) is 0 Å². The van der Waals surface area contributed by atoms with Crippen molar-refractivity contribution >= 4 is 35.8 Å². The average molecular weight is 570 g/mol. The summed E-state index contributed by atoms with van der Waals surface area (Å²) >= 11 is -4.18. The molecular formula is C29H31Cl2SiZr. The summed E-state index contributed by atoms with van der Waals surface area (Å²) < 4.78 is 0.620. The van der Waals surface area contributed by atoms with Crippen molar-refractivity contribution in [1.29, 1.82) is 0 Å². The van der Waals surface area contributed by atoms with Crippen LogP contribution in [0.5, 0.6) is 0 Å². The Morgan fingerprint density at radius 3 is 2.15 bits per heavy atom. The third-order valence-electron chi connectivity index (χ3n) is 7.99. The van der Waals surface area contributed by atoms with Crippen LogP contribution in [0.2, 0.25) is 3.63 Å². The predicted octanol–water partition coefficient (Wildman–Crippen LogP) is 8.43. The zero-order chi connectivity index (χ0) is 22.9. The summed E-state index contributed by atoms with van der Waals surface area (Å²) in [5.41, 5.74) is 6.88. The van der Waals surface area contributed by atoms with Gasteiger partial charge in [0.05, 0.1) is 0 Å². The molecule has 0 N–H and O–H groups in total. The van der Waals surface area contributed by atoms with Crippen LogP contribution in [-0.2, 0) is 21.6 Å². The summed E-state index contributed by atoms with van der Waals surface area (Å²) in [6.07, 6.45) is 11.5. The van der Waals surface area contributed by atoms with Crippen LogP contribution in [-0.4, -0.2) is 6.65 Å². The summed E-state index contributed by atoms with van der Waals surface area (Å²) in [7, 11) is 16.0. The fourth-order valence-electron chi connectivity index (χ4n) is 5.80. The molecule has 0 aliphatic heterocycles. The van der Waals surface area contributed by atoms with Gasteiger partial charge in [0.25, 0.3) is 0 Å². The predicted molar refractivity (Wildman–Crippen MR) is 145 cm³/mol. The van der Waals surface area contributed by atoms with Crippen LogP contribution in [0.1, 0.15) is 57.1 Å². The molecule has 3 aromatic rings. The standard InChI is InChI=1S/C13H15.C9H7.C7H9Si.2ClH.Zr/c1-2-3-6-11-9-10-12-7-4-5-8-13(11)12;1-2-5-9-7-3-6-8(9)4-1;8-6-7-4-2-1-3-5-7;;;/h2,4-5,7-11H,3,6H2,1H3;1-7H;1-5H,6,8H2;2*1H;/q;;;;;+2/p-2. The van der Waals surface area contributed by atoms with E-state index >= 15 is 0 Å². The molecule has 0 heterocycles. The van der Waals surface area contributed by atoms with Crippen molar-refractivity contribution in [3.05, 3.63) is 119 Å². The minimum absolute atomic E-state index is 0.239. The van der Waals surface area contributed by atoms with Gasteiger partial charge in [-0.1, -0.05) is 0 Å². The van der Waals surface area contributed by atoms with Crippen molar-refractivity contribution in [2.45, 2.75) is 39.0 Å². The summed E-state index contributed by atoms with van der Waals surface area (Å²) in [6, 6.07) is 29.4. The first-order chi connectivity index (χ1) is 15.9. The molecule has 3 unspecified atom stereocenters. The fourth-order valence-corrected chi connectivity index (χ4v) is 36.3. The van der Waals surface area contributed by atoms with E-state index in [1.54, 1.807) is 0 Å².